The molecule has 3 aromatic carbocycles. The van der Waals surface area contributed by atoms with Gasteiger partial charge >= 0.3 is 0 Å². The molecule has 3 nitrogen and oxygen atoms in total. The maximum absolute atomic E-state index is 13.9. The molecule has 0 saturated carbocycles. The Kier molecular flexibility index (Phi) is 6.40. The van der Waals surface area contributed by atoms with Crippen LogP contribution in [0.25, 0.3) is 11.1 Å². The number of halogens is 2. The maximum Gasteiger partial charge on any atom is 0.130 e. The van der Waals surface area contributed by atoms with Crippen LogP contribution in [0.3, 0.4) is 0 Å². The summed E-state index contributed by atoms with van der Waals surface area (Å²) in [7, 11) is 0. The Morgan fingerprint density at radius 1 is 0.818 bits per heavy atom. The summed E-state index contributed by atoms with van der Waals surface area (Å²) in [5, 5.41) is 0. The van der Waals surface area contributed by atoms with Crippen molar-refractivity contribution in [3.05, 3.63) is 95.1 Å². The molecule has 0 aromatic heterocycles. The minimum atomic E-state index is -0.333. The molecule has 5 heteroatoms. The van der Waals surface area contributed by atoms with Gasteiger partial charge in [0.1, 0.15) is 29.7 Å². The van der Waals surface area contributed by atoms with Crippen molar-refractivity contribution in [1.82, 2.24) is 4.90 Å². The van der Waals surface area contributed by atoms with Crippen molar-refractivity contribution >= 4 is 11.1 Å². The van der Waals surface area contributed by atoms with Gasteiger partial charge in [-0.25, -0.2) is 8.78 Å². The summed E-state index contributed by atoms with van der Waals surface area (Å²) >= 11 is 0. The van der Waals surface area contributed by atoms with E-state index in [1.807, 2.05) is 24.3 Å². The Hall–Kier alpha value is -3.18. The van der Waals surface area contributed by atoms with Gasteiger partial charge in [0.15, 0.2) is 0 Å². The zero-order valence-electron chi connectivity index (χ0n) is 18.5. The molecule has 2 heterocycles. The van der Waals surface area contributed by atoms with Crippen LogP contribution in [0, 0.1) is 11.6 Å². The van der Waals surface area contributed by atoms with E-state index >= 15 is 0 Å². The number of nitrogens with zero attached hydrogens (tertiary/aromatic N) is 1. The minimum Gasteiger partial charge on any atom is -0.492 e. The highest BCUT2D eigenvalue weighted by atomic mass is 19.1. The fraction of sp³-hybridized carbons (Fsp3) is 0.286. The fourth-order valence-corrected chi connectivity index (χ4v) is 4.66. The summed E-state index contributed by atoms with van der Waals surface area (Å²) in [6, 6.07) is 19.2. The van der Waals surface area contributed by atoms with E-state index in [1.54, 1.807) is 18.2 Å². The van der Waals surface area contributed by atoms with Gasteiger partial charge in [-0.05, 0) is 84.6 Å². The van der Waals surface area contributed by atoms with E-state index in [1.165, 1.54) is 37.1 Å². The second-order valence-electron chi connectivity index (χ2n) is 8.52. The zero-order chi connectivity index (χ0) is 22.6. The van der Waals surface area contributed by atoms with E-state index in [2.05, 4.69) is 4.90 Å². The number of hydrogen-bond acceptors (Lipinski definition) is 3. The van der Waals surface area contributed by atoms with Crippen LogP contribution in [0.2, 0.25) is 0 Å². The summed E-state index contributed by atoms with van der Waals surface area (Å²) in [6.45, 7) is 4.34. The third kappa shape index (κ3) is 4.93. The third-order valence-electron chi connectivity index (χ3n) is 6.34. The topological polar surface area (TPSA) is 21.7 Å². The lowest BCUT2D eigenvalue weighted by atomic mass is 9.88. The van der Waals surface area contributed by atoms with Crippen molar-refractivity contribution in [2.24, 2.45) is 0 Å². The van der Waals surface area contributed by atoms with Crippen LogP contribution in [0.4, 0.5) is 8.78 Å². The monoisotopic (exact) mass is 447 g/mol. The van der Waals surface area contributed by atoms with E-state index in [4.69, 9.17) is 9.47 Å². The molecular formula is C28H27F2NO2. The molecule has 0 amide bonds. The molecule has 0 atom stereocenters. The van der Waals surface area contributed by atoms with Crippen LogP contribution in [0.1, 0.15) is 36.0 Å². The first-order valence-corrected chi connectivity index (χ1v) is 11.5. The lowest BCUT2D eigenvalue weighted by molar-refractivity contribution is 0.238. The molecule has 5 rings (SSSR count). The summed E-state index contributed by atoms with van der Waals surface area (Å²) in [6.07, 6.45) is 3.18. The van der Waals surface area contributed by atoms with Gasteiger partial charge in [-0.1, -0.05) is 24.3 Å². The molecular weight excluding hydrogens is 420 g/mol. The van der Waals surface area contributed by atoms with Gasteiger partial charge < -0.3 is 9.47 Å². The zero-order valence-corrected chi connectivity index (χ0v) is 18.5. The Balaban J connectivity index is 1.48. The standard InChI is InChI=1S/C28H27F2NO2/c29-22-7-3-20(4-8-22)25-13-17-33-27-19-23(30)9-12-26(27)28(25)21-5-10-24(11-6-21)32-18-16-31-14-1-2-15-31/h3-12,19H,1-2,13-18H2. The summed E-state index contributed by atoms with van der Waals surface area (Å²) < 4.78 is 39.4. The molecule has 3 aromatic rings. The maximum atomic E-state index is 13.9. The second-order valence-corrected chi connectivity index (χ2v) is 8.52. The molecule has 2 aliphatic heterocycles. The predicted octanol–water partition coefficient (Wildman–Crippen LogP) is 6.18. The van der Waals surface area contributed by atoms with E-state index < -0.39 is 0 Å². The number of hydrogen-bond donors (Lipinski definition) is 0. The van der Waals surface area contributed by atoms with Gasteiger partial charge in [0.05, 0.1) is 6.61 Å². The lowest BCUT2D eigenvalue weighted by Gasteiger charge is -2.17. The van der Waals surface area contributed by atoms with Crippen LogP contribution in [-0.4, -0.2) is 37.7 Å². The van der Waals surface area contributed by atoms with Crippen LogP contribution < -0.4 is 9.47 Å². The van der Waals surface area contributed by atoms with Gasteiger partial charge in [0.25, 0.3) is 0 Å². The third-order valence-corrected chi connectivity index (χ3v) is 6.34. The molecule has 33 heavy (non-hydrogen) atoms. The predicted molar refractivity (Wildman–Crippen MR) is 126 cm³/mol. The summed E-state index contributed by atoms with van der Waals surface area (Å²) in [5.41, 5.74) is 4.76. The average Bonchev–Trinajstić information content (AvgIpc) is 3.27. The second kappa shape index (κ2) is 9.75. The molecule has 0 unspecified atom stereocenters. The van der Waals surface area contributed by atoms with Crippen molar-refractivity contribution in [3.63, 3.8) is 0 Å². The number of ether oxygens (including phenoxy) is 2. The number of rotatable bonds is 6. The molecule has 2 aliphatic rings. The van der Waals surface area contributed by atoms with Crippen LogP contribution in [0.5, 0.6) is 11.5 Å². The summed E-state index contributed by atoms with van der Waals surface area (Å²) in [5.74, 6) is 0.739. The number of fused-ring (bicyclic) bond motifs is 1. The average molecular weight is 448 g/mol. The Morgan fingerprint density at radius 2 is 1.52 bits per heavy atom. The van der Waals surface area contributed by atoms with E-state index in [9.17, 15) is 8.78 Å². The summed E-state index contributed by atoms with van der Waals surface area (Å²) in [4.78, 5) is 2.43. The first-order valence-electron chi connectivity index (χ1n) is 11.5. The van der Waals surface area contributed by atoms with E-state index in [0.29, 0.717) is 25.4 Å². The van der Waals surface area contributed by atoms with Crippen molar-refractivity contribution in [2.75, 3.05) is 32.8 Å². The van der Waals surface area contributed by atoms with Crippen LogP contribution in [-0.2, 0) is 0 Å². The quantitative estimate of drug-likeness (QED) is 0.450. The highest BCUT2D eigenvalue weighted by Gasteiger charge is 2.22. The van der Waals surface area contributed by atoms with Crippen molar-refractivity contribution in [2.45, 2.75) is 19.3 Å². The van der Waals surface area contributed by atoms with Crippen LogP contribution >= 0.6 is 0 Å². The Morgan fingerprint density at radius 3 is 2.27 bits per heavy atom. The van der Waals surface area contributed by atoms with Gasteiger partial charge in [-0.15, -0.1) is 0 Å². The molecule has 0 bridgehead atoms. The number of benzene rings is 3. The first-order chi connectivity index (χ1) is 16.2. The lowest BCUT2D eigenvalue weighted by Crippen LogP contribution is -2.25. The minimum absolute atomic E-state index is 0.274. The molecule has 1 saturated heterocycles. The van der Waals surface area contributed by atoms with Crippen LogP contribution in [0.15, 0.2) is 66.7 Å². The first kappa shape index (κ1) is 21.7. The molecule has 0 radical (unpaired) electrons. The molecule has 1 fully saturated rings. The molecule has 0 spiro atoms. The van der Waals surface area contributed by atoms with Crippen molar-refractivity contribution in [1.29, 1.82) is 0 Å². The highest BCUT2D eigenvalue weighted by molar-refractivity contribution is 6.00. The molecule has 0 N–H and O–H groups in total. The van der Waals surface area contributed by atoms with Gasteiger partial charge in [-0.2, -0.15) is 0 Å². The fourth-order valence-electron chi connectivity index (χ4n) is 4.66. The van der Waals surface area contributed by atoms with E-state index in [0.717, 1.165) is 53.2 Å². The SMILES string of the molecule is Fc1ccc(C2=C(c3ccc(OCCN4CCCC4)cc3)c3ccc(F)cc3OCC2)cc1. The van der Waals surface area contributed by atoms with Crippen molar-refractivity contribution < 1.29 is 18.3 Å². The largest absolute Gasteiger partial charge is 0.492 e. The highest BCUT2D eigenvalue weighted by Crippen LogP contribution is 2.41. The normalized spacial score (nSPS) is 16.3. The number of likely N-dealkylation sites (tertiary alicyclic amines) is 1. The van der Waals surface area contributed by atoms with Crippen molar-refractivity contribution in [3.8, 4) is 11.5 Å². The molecule has 170 valence electrons. The Labute approximate surface area is 193 Å². The van der Waals surface area contributed by atoms with Gasteiger partial charge in [0, 0.05) is 24.6 Å². The molecule has 0 aliphatic carbocycles. The van der Waals surface area contributed by atoms with Gasteiger partial charge in [0.2, 0.25) is 0 Å². The van der Waals surface area contributed by atoms with Gasteiger partial charge in [-0.3, -0.25) is 4.90 Å². The Bertz CT molecular complexity index is 1130. The smallest absolute Gasteiger partial charge is 0.130 e. The van der Waals surface area contributed by atoms with E-state index in [-0.39, 0.29) is 11.6 Å².